The van der Waals surface area contributed by atoms with E-state index in [2.05, 4.69) is 47.5 Å². The van der Waals surface area contributed by atoms with Crippen molar-refractivity contribution in [1.29, 1.82) is 0 Å². The van der Waals surface area contributed by atoms with Crippen molar-refractivity contribution in [1.82, 2.24) is 51.5 Å². The minimum absolute atomic E-state index is 0.0423. The van der Waals surface area contributed by atoms with E-state index in [-0.39, 0.29) is 54.4 Å². The molecule has 0 spiro atoms. The number of unbranched alkanes of at least 4 members (excludes halogenated alkanes) is 3. The number of fused-ring (bicyclic) bond motifs is 1. The second-order valence-corrected chi connectivity index (χ2v) is 13.5. The first-order valence-corrected chi connectivity index (χ1v) is 18.6. The molecule has 304 valence electrons. The van der Waals surface area contributed by atoms with Crippen molar-refractivity contribution in [2.24, 2.45) is 7.05 Å². The van der Waals surface area contributed by atoms with Crippen LogP contribution in [0.1, 0.15) is 65.7 Å². The molecule has 20 heteroatoms. The van der Waals surface area contributed by atoms with E-state index in [1.54, 1.807) is 54.5 Å². The second-order valence-electron chi connectivity index (χ2n) is 13.5. The van der Waals surface area contributed by atoms with E-state index in [9.17, 15) is 33.6 Å². The molecule has 1 atom stereocenters. The average molecular weight is 797 g/mol. The molecule has 7 amide bonds. The third kappa shape index (κ3) is 9.06. The van der Waals surface area contributed by atoms with Gasteiger partial charge in [0, 0.05) is 39.2 Å². The molecule has 0 aliphatic carbocycles. The lowest BCUT2D eigenvalue weighted by molar-refractivity contribution is -0.136. The number of nitrogens with zero attached hydrogens (tertiary/aromatic N) is 5. The Morgan fingerprint density at radius 3 is 2.41 bits per heavy atom. The van der Waals surface area contributed by atoms with Crippen LogP contribution in [0.5, 0.6) is 5.75 Å². The van der Waals surface area contributed by atoms with Crippen molar-refractivity contribution in [2.45, 2.75) is 51.0 Å². The Bertz CT molecular complexity index is 2200. The molecule has 3 aliphatic heterocycles. The third-order valence-corrected chi connectivity index (χ3v) is 9.47. The quantitative estimate of drug-likeness (QED) is 0.0738. The highest BCUT2D eigenvalue weighted by atomic mass is 16.5. The van der Waals surface area contributed by atoms with E-state index < -0.39 is 41.5 Å². The molecule has 2 aromatic carbocycles. The van der Waals surface area contributed by atoms with E-state index in [1.165, 1.54) is 31.4 Å². The number of aryl methyl sites for hydroxylation is 1. The first-order valence-electron chi connectivity index (χ1n) is 18.6. The molecule has 7 N–H and O–H groups in total. The smallest absolute Gasteiger partial charge is 0.268 e. The number of nitrogens with one attached hydrogen (secondary N) is 7. The normalized spacial score (nSPS) is 16.1. The number of amides is 7. The summed E-state index contributed by atoms with van der Waals surface area (Å²) in [7, 11) is 4.74. The van der Waals surface area contributed by atoms with Crippen LogP contribution in [0.25, 0.3) is 11.4 Å². The topological polar surface area (TPSA) is 250 Å². The molecule has 6 rings (SSSR count). The molecule has 20 nitrogen and oxygen atoms in total. The summed E-state index contributed by atoms with van der Waals surface area (Å²) in [4.78, 5) is 93.6. The Morgan fingerprint density at radius 1 is 0.931 bits per heavy atom. The summed E-state index contributed by atoms with van der Waals surface area (Å²) in [6.45, 7) is 0.201. The van der Waals surface area contributed by atoms with Crippen LogP contribution in [0.15, 0.2) is 66.4 Å². The van der Waals surface area contributed by atoms with Crippen LogP contribution >= 0.6 is 0 Å². The fourth-order valence-corrected chi connectivity index (χ4v) is 6.61. The Morgan fingerprint density at radius 2 is 1.69 bits per heavy atom. The summed E-state index contributed by atoms with van der Waals surface area (Å²) in [6, 6.07) is 9.17. The van der Waals surface area contributed by atoms with Crippen molar-refractivity contribution >= 4 is 52.7 Å². The standard InChI is InChI=1S/C38H44N12O8/c1-39-35(54)26-15-17-28(50(46-26)45-25-13-9-11-23(33(25)58-3)34-42-21-48(2)47-34)43-31(53)20-41-29(51)14-6-4-5-7-19-40-24-12-8-10-22-32(24)38(57)49(37(22)56)27-16-18-30(52)44-36(27)55/h8-13,15,17,21,27,40,45-46H,4-7,14,16,18-20H2,1-3H3,(H,39,54)(H,41,51)(H,43,53)(H,44,52,55). The largest absolute Gasteiger partial charge is 0.494 e. The molecule has 4 heterocycles. The monoisotopic (exact) mass is 796 g/mol. The van der Waals surface area contributed by atoms with Crippen LogP contribution in [0.2, 0.25) is 0 Å². The summed E-state index contributed by atoms with van der Waals surface area (Å²) in [5.41, 5.74) is 8.20. The van der Waals surface area contributed by atoms with Gasteiger partial charge in [0.15, 0.2) is 17.4 Å². The number of hydrazine groups is 2. The summed E-state index contributed by atoms with van der Waals surface area (Å²) < 4.78 is 7.25. The predicted octanol–water partition coefficient (Wildman–Crippen LogP) is 0.805. The summed E-state index contributed by atoms with van der Waals surface area (Å²) >= 11 is 0. The van der Waals surface area contributed by atoms with Gasteiger partial charge in [-0.15, -0.1) is 0 Å². The average Bonchev–Trinajstić information content (AvgIpc) is 3.76. The number of para-hydroxylation sites is 1. The molecule has 0 saturated carbocycles. The highest BCUT2D eigenvalue weighted by molar-refractivity contribution is 6.25. The first kappa shape index (κ1) is 40.4. The second kappa shape index (κ2) is 18.1. The fraction of sp³-hybridized carbons (Fsp3) is 0.342. The number of aromatic nitrogens is 3. The van der Waals surface area contributed by atoms with Gasteiger partial charge in [-0.25, -0.2) is 4.98 Å². The van der Waals surface area contributed by atoms with E-state index in [4.69, 9.17) is 4.74 Å². The van der Waals surface area contributed by atoms with E-state index in [0.717, 1.165) is 17.7 Å². The molecule has 0 radical (unpaired) electrons. The van der Waals surface area contributed by atoms with Gasteiger partial charge in [0.05, 0.1) is 36.0 Å². The van der Waals surface area contributed by atoms with Gasteiger partial charge in [0.2, 0.25) is 23.6 Å². The maximum absolute atomic E-state index is 13.3. The zero-order valence-corrected chi connectivity index (χ0v) is 32.1. The Kier molecular flexibility index (Phi) is 12.6. The van der Waals surface area contributed by atoms with Crippen molar-refractivity contribution in [3.05, 3.63) is 77.5 Å². The number of anilines is 2. The summed E-state index contributed by atoms with van der Waals surface area (Å²) in [5, 5.41) is 19.0. The molecule has 1 fully saturated rings. The number of carbonyl (C=O) groups excluding carboxylic acids is 7. The molecular weight excluding hydrogens is 752 g/mol. The van der Waals surface area contributed by atoms with Crippen molar-refractivity contribution in [2.75, 3.05) is 38.0 Å². The van der Waals surface area contributed by atoms with E-state index in [1.807, 2.05) is 0 Å². The van der Waals surface area contributed by atoms with Crippen molar-refractivity contribution < 1.29 is 38.3 Å². The Hall–Kier alpha value is -7.25. The van der Waals surface area contributed by atoms with Gasteiger partial charge < -0.3 is 26.0 Å². The number of hydrogen-bond donors (Lipinski definition) is 7. The number of rotatable bonds is 17. The number of benzene rings is 2. The zero-order valence-electron chi connectivity index (χ0n) is 32.1. The fourth-order valence-electron chi connectivity index (χ4n) is 6.61. The van der Waals surface area contributed by atoms with Crippen LogP contribution in [-0.4, -0.2) is 99.4 Å². The lowest BCUT2D eigenvalue weighted by atomic mass is 10.0. The number of allylic oxidation sites excluding steroid dienone is 2. The van der Waals surface area contributed by atoms with E-state index in [0.29, 0.717) is 47.9 Å². The number of methoxy groups -OCH3 is 1. The van der Waals surface area contributed by atoms with Crippen LogP contribution in [0.4, 0.5) is 11.4 Å². The Labute approximate surface area is 332 Å². The number of hydrogen-bond acceptors (Lipinski definition) is 14. The van der Waals surface area contributed by atoms with Crippen molar-refractivity contribution in [3.8, 4) is 17.1 Å². The van der Waals surface area contributed by atoms with E-state index >= 15 is 0 Å². The molecule has 1 unspecified atom stereocenters. The molecule has 0 bridgehead atoms. The van der Waals surface area contributed by atoms with Gasteiger partial charge in [-0.1, -0.05) is 25.0 Å². The van der Waals surface area contributed by atoms with Gasteiger partial charge in [-0.3, -0.25) is 59.3 Å². The maximum atomic E-state index is 13.3. The highest BCUT2D eigenvalue weighted by Gasteiger charge is 2.45. The van der Waals surface area contributed by atoms with Gasteiger partial charge in [-0.05, 0) is 55.7 Å². The van der Waals surface area contributed by atoms with Gasteiger partial charge in [-0.2, -0.15) is 10.2 Å². The zero-order chi connectivity index (χ0) is 41.3. The lowest BCUT2D eigenvalue weighted by Crippen LogP contribution is -2.54. The molecular formula is C38H44N12O8. The van der Waals surface area contributed by atoms with Crippen LogP contribution < -0.4 is 42.2 Å². The number of piperidine rings is 1. The number of likely N-dealkylation sites (N-methyl/N-ethyl adjacent to an activating group) is 1. The van der Waals surface area contributed by atoms with Crippen LogP contribution in [0.3, 0.4) is 0 Å². The number of imide groups is 2. The van der Waals surface area contributed by atoms with Crippen molar-refractivity contribution in [3.63, 3.8) is 0 Å². The Balaban J connectivity index is 0.943. The molecule has 58 heavy (non-hydrogen) atoms. The minimum Gasteiger partial charge on any atom is -0.494 e. The van der Waals surface area contributed by atoms with Gasteiger partial charge in [0.25, 0.3) is 17.7 Å². The molecule has 3 aromatic rings. The summed E-state index contributed by atoms with van der Waals surface area (Å²) in [6.07, 6.45) is 7.71. The maximum Gasteiger partial charge on any atom is 0.268 e. The molecule has 1 saturated heterocycles. The number of ether oxygens (including phenoxy) is 1. The minimum atomic E-state index is -1.04. The summed E-state index contributed by atoms with van der Waals surface area (Å²) in [5.74, 6) is -2.38. The first-order chi connectivity index (χ1) is 28.0. The molecule has 3 aliphatic rings. The predicted molar refractivity (Wildman–Crippen MR) is 208 cm³/mol. The third-order valence-electron chi connectivity index (χ3n) is 9.47. The van der Waals surface area contributed by atoms with Crippen LogP contribution in [0, 0.1) is 0 Å². The SMILES string of the molecule is CNC(=O)C1=CC=C(NC(=O)CNC(=O)CCCCCCNc2cccc3c2C(=O)N(C2CCC(=O)NC2=O)C3=O)N(Nc2cccc(-c3ncn(C)n3)c2OC)N1. The van der Waals surface area contributed by atoms with Crippen LogP contribution in [-0.2, 0) is 31.0 Å². The number of carbonyl (C=O) groups is 7. The molecule has 1 aromatic heterocycles. The highest BCUT2D eigenvalue weighted by Crippen LogP contribution is 2.36. The van der Waals surface area contributed by atoms with Gasteiger partial charge >= 0.3 is 0 Å². The van der Waals surface area contributed by atoms with Gasteiger partial charge in [0.1, 0.15) is 18.1 Å². The lowest BCUT2D eigenvalue weighted by Gasteiger charge is -2.33.